The fourth-order valence-corrected chi connectivity index (χ4v) is 2.95. The van der Waals surface area contributed by atoms with Crippen LogP contribution in [0.5, 0.6) is 0 Å². The first kappa shape index (κ1) is 16.5. The zero-order valence-corrected chi connectivity index (χ0v) is 14.0. The topological polar surface area (TPSA) is 112 Å². The average molecular weight is 358 g/mol. The first-order valence-corrected chi connectivity index (χ1v) is 8.50. The van der Waals surface area contributed by atoms with Gasteiger partial charge in [-0.15, -0.1) is 0 Å². The molecule has 1 unspecified atom stereocenters. The molecule has 1 atom stereocenters. The molecule has 4 rings (SSSR count). The SMILES string of the molecule is O=C(Cn1c(=O)oc2ccccc21)NCCc1noc(C2CCCO2)n1. The summed E-state index contributed by atoms with van der Waals surface area (Å²) in [6.45, 7) is 0.942. The maximum atomic E-state index is 12.1. The predicted molar refractivity (Wildman–Crippen MR) is 89.4 cm³/mol. The summed E-state index contributed by atoms with van der Waals surface area (Å²) in [5, 5.41) is 6.65. The summed E-state index contributed by atoms with van der Waals surface area (Å²) in [7, 11) is 0. The number of amides is 1. The molecular weight excluding hydrogens is 340 g/mol. The number of aromatic nitrogens is 3. The third-order valence-corrected chi connectivity index (χ3v) is 4.24. The molecule has 3 aromatic rings. The first-order chi connectivity index (χ1) is 12.7. The smallest absolute Gasteiger partial charge is 0.408 e. The Labute approximate surface area is 147 Å². The third-order valence-electron chi connectivity index (χ3n) is 4.24. The molecule has 3 heterocycles. The zero-order valence-electron chi connectivity index (χ0n) is 14.0. The number of hydrogen-bond donors (Lipinski definition) is 1. The minimum Gasteiger partial charge on any atom is -0.408 e. The highest BCUT2D eigenvalue weighted by Crippen LogP contribution is 2.26. The number of hydrogen-bond acceptors (Lipinski definition) is 7. The van der Waals surface area contributed by atoms with Crippen LogP contribution in [0.3, 0.4) is 0 Å². The van der Waals surface area contributed by atoms with Crippen LogP contribution in [0.2, 0.25) is 0 Å². The van der Waals surface area contributed by atoms with Crippen molar-refractivity contribution in [3.8, 4) is 0 Å². The highest BCUT2D eigenvalue weighted by atomic mass is 16.5. The highest BCUT2D eigenvalue weighted by Gasteiger charge is 2.23. The Hall–Kier alpha value is -2.94. The molecule has 0 saturated carbocycles. The number of nitrogens with zero attached hydrogens (tertiary/aromatic N) is 3. The number of para-hydroxylation sites is 2. The van der Waals surface area contributed by atoms with E-state index in [0.717, 1.165) is 12.8 Å². The van der Waals surface area contributed by atoms with Gasteiger partial charge in [0.1, 0.15) is 12.6 Å². The third kappa shape index (κ3) is 3.38. The van der Waals surface area contributed by atoms with Crippen molar-refractivity contribution >= 4 is 17.0 Å². The Kier molecular flexibility index (Phi) is 4.53. The van der Waals surface area contributed by atoms with Crippen LogP contribution in [-0.2, 0) is 22.5 Å². The number of fused-ring (bicyclic) bond motifs is 1. The summed E-state index contributed by atoms with van der Waals surface area (Å²) in [5.41, 5.74) is 1.05. The minimum atomic E-state index is -0.555. The molecule has 1 aromatic carbocycles. The Bertz CT molecular complexity index is 967. The Balaban J connectivity index is 1.31. The van der Waals surface area contributed by atoms with Crippen LogP contribution < -0.4 is 11.1 Å². The summed E-state index contributed by atoms with van der Waals surface area (Å²) in [6.07, 6.45) is 2.18. The molecular formula is C17H18N4O5. The van der Waals surface area contributed by atoms with E-state index < -0.39 is 5.76 Å². The van der Waals surface area contributed by atoms with Gasteiger partial charge >= 0.3 is 5.76 Å². The van der Waals surface area contributed by atoms with E-state index in [1.807, 2.05) is 0 Å². The van der Waals surface area contributed by atoms with Gasteiger partial charge in [-0.3, -0.25) is 9.36 Å². The standard InChI is InChI=1S/C17H18N4O5/c22-15(10-21-11-4-1-2-5-12(11)25-17(21)23)18-8-7-14-19-16(26-20-14)13-6-3-9-24-13/h1-2,4-5,13H,3,6-10H2,(H,18,22). The molecule has 1 aliphatic rings. The minimum absolute atomic E-state index is 0.108. The van der Waals surface area contributed by atoms with Crippen molar-refractivity contribution in [2.45, 2.75) is 31.9 Å². The summed E-state index contributed by atoms with van der Waals surface area (Å²) >= 11 is 0. The van der Waals surface area contributed by atoms with Crippen LogP contribution >= 0.6 is 0 Å². The molecule has 0 radical (unpaired) electrons. The number of oxazole rings is 1. The van der Waals surface area contributed by atoms with Crippen molar-refractivity contribution in [2.75, 3.05) is 13.2 Å². The fourth-order valence-electron chi connectivity index (χ4n) is 2.95. The molecule has 1 aliphatic heterocycles. The maximum absolute atomic E-state index is 12.1. The molecule has 1 amide bonds. The van der Waals surface area contributed by atoms with Gasteiger partial charge in [0.2, 0.25) is 5.91 Å². The summed E-state index contributed by atoms with van der Waals surface area (Å²) < 4.78 is 17.1. The normalized spacial score (nSPS) is 17.0. The fraction of sp³-hybridized carbons (Fsp3) is 0.412. The average Bonchev–Trinajstić information content (AvgIpc) is 3.36. The van der Waals surface area contributed by atoms with Gasteiger partial charge in [0, 0.05) is 19.6 Å². The van der Waals surface area contributed by atoms with E-state index in [1.54, 1.807) is 24.3 Å². The Morgan fingerprint density at radius 1 is 1.35 bits per heavy atom. The number of rotatable bonds is 6. The van der Waals surface area contributed by atoms with Crippen LogP contribution in [0.15, 0.2) is 38.0 Å². The lowest BCUT2D eigenvalue weighted by molar-refractivity contribution is -0.121. The number of benzene rings is 1. The molecule has 1 saturated heterocycles. The quantitative estimate of drug-likeness (QED) is 0.704. The van der Waals surface area contributed by atoms with Gasteiger partial charge in [-0.25, -0.2) is 4.79 Å². The lowest BCUT2D eigenvalue weighted by atomic mass is 10.2. The van der Waals surface area contributed by atoms with Gasteiger partial charge in [-0.05, 0) is 25.0 Å². The number of ether oxygens (including phenoxy) is 1. The second-order valence-corrected chi connectivity index (χ2v) is 6.07. The van der Waals surface area contributed by atoms with Crippen LogP contribution in [-0.4, -0.2) is 33.8 Å². The van der Waals surface area contributed by atoms with Crippen LogP contribution in [0, 0.1) is 0 Å². The van der Waals surface area contributed by atoms with Crippen molar-refractivity contribution in [3.63, 3.8) is 0 Å². The molecule has 0 aliphatic carbocycles. The van der Waals surface area contributed by atoms with Crippen LogP contribution in [0.25, 0.3) is 11.1 Å². The van der Waals surface area contributed by atoms with E-state index in [-0.39, 0.29) is 18.6 Å². The lowest BCUT2D eigenvalue weighted by Crippen LogP contribution is -2.32. The van der Waals surface area contributed by atoms with Crippen molar-refractivity contribution < 1.29 is 18.5 Å². The van der Waals surface area contributed by atoms with E-state index in [2.05, 4.69) is 15.5 Å². The largest absolute Gasteiger partial charge is 0.420 e. The number of carbonyl (C=O) groups is 1. The Morgan fingerprint density at radius 2 is 2.23 bits per heavy atom. The van der Waals surface area contributed by atoms with Gasteiger partial charge in [-0.1, -0.05) is 17.3 Å². The van der Waals surface area contributed by atoms with Gasteiger partial charge in [-0.2, -0.15) is 4.98 Å². The van der Waals surface area contributed by atoms with Gasteiger partial charge < -0.3 is 19.0 Å². The van der Waals surface area contributed by atoms with Gasteiger partial charge in [0.25, 0.3) is 5.89 Å². The van der Waals surface area contributed by atoms with E-state index in [1.165, 1.54) is 4.57 Å². The second-order valence-electron chi connectivity index (χ2n) is 6.07. The first-order valence-electron chi connectivity index (χ1n) is 8.50. The molecule has 1 fully saturated rings. The van der Waals surface area contributed by atoms with E-state index in [9.17, 15) is 9.59 Å². The monoisotopic (exact) mass is 358 g/mol. The van der Waals surface area contributed by atoms with Gasteiger partial charge in [0.05, 0.1) is 5.52 Å². The van der Waals surface area contributed by atoms with Crippen molar-refractivity contribution in [1.82, 2.24) is 20.0 Å². The summed E-state index contributed by atoms with van der Waals surface area (Å²) in [6, 6.07) is 6.98. The van der Waals surface area contributed by atoms with E-state index in [4.69, 9.17) is 13.7 Å². The molecule has 2 aromatic heterocycles. The molecule has 9 heteroatoms. The molecule has 0 bridgehead atoms. The highest BCUT2D eigenvalue weighted by molar-refractivity contribution is 5.79. The molecule has 26 heavy (non-hydrogen) atoms. The van der Waals surface area contributed by atoms with E-state index >= 15 is 0 Å². The van der Waals surface area contributed by atoms with Crippen molar-refractivity contribution in [1.29, 1.82) is 0 Å². The summed E-state index contributed by atoms with van der Waals surface area (Å²) in [5.74, 6) is 0.157. The molecule has 136 valence electrons. The number of nitrogens with one attached hydrogen (secondary N) is 1. The molecule has 1 N–H and O–H groups in total. The zero-order chi connectivity index (χ0) is 17.9. The predicted octanol–water partition coefficient (Wildman–Crippen LogP) is 1.19. The van der Waals surface area contributed by atoms with Crippen LogP contribution in [0.4, 0.5) is 0 Å². The van der Waals surface area contributed by atoms with Crippen LogP contribution in [0.1, 0.15) is 30.7 Å². The lowest BCUT2D eigenvalue weighted by Gasteiger charge is -2.04. The van der Waals surface area contributed by atoms with E-state index in [0.29, 0.717) is 42.4 Å². The molecule has 0 spiro atoms. The number of carbonyl (C=O) groups excluding carboxylic acids is 1. The Morgan fingerprint density at radius 3 is 3.08 bits per heavy atom. The second kappa shape index (κ2) is 7.12. The maximum Gasteiger partial charge on any atom is 0.420 e. The van der Waals surface area contributed by atoms with Gasteiger partial charge in [0.15, 0.2) is 11.4 Å². The van der Waals surface area contributed by atoms with Crippen molar-refractivity contribution in [2.24, 2.45) is 0 Å². The summed E-state index contributed by atoms with van der Waals surface area (Å²) in [4.78, 5) is 28.3. The molecule has 9 nitrogen and oxygen atoms in total. The van der Waals surface area contributed by atoms with Crippen molar-refractivity contribution in [3.05, 3.63) is 46.5 Å².